The third-order valence-corrected chi connectivity index (χ3v) is 3.65. The van der Waals surface area contributed by atoms with Crippen molar-refractivity contribution in [3.05, 3.63) is 34.3 Å². The highest BCUT2D eigenvalue weighted by atomic mass is 35.5. The summed E-state index contributed by atoms with van der Waals surface area (Å²) in [5.74, 6) is 1.42. The highest BCUT2D eigenvalue weighted by Crippen LogP contribution is 2.32. The van der Waals surface area contributed by atoms with E-state index in [0.717, 1.165) is 24.0 Å². The average molecular weight is 260 g/mol. The maximum Gasteiger partial charge on any atom is 0.0408 e. The average Bonchev–Trinajstić information content (AvgIpc) is 2.20. The van der Waals surface area contributed by atoms with Gasteiger partial charge in [-0.3, -0.25) is 0 Å². The van der Waals surface area contributed by atoms with Crippen LogP contribution in [0.4, 0.5) is 0 Å². The Morgan fingerprint density at radius 2 is 2.12 bits per heavy atom. The number of aryl methyl sites for hydroxylation is 1. The molecule has 1 aromatic rings. The van der Waals surface area contributed by atoms with Crippen LogP contribution in [-0.4, -0.2) is 13.1 Å². The van der Waals surface area contributed by atoms with Crippen molar-refractivity contribution in [1.82, 2.24) is 5.32 Å². The van der Waals surface area contributed by atoms with E-state index in [9.17, 15) is 0 Å². The van der Waals surface area contributed by atoms with E-state index < -0.39 is 0 Å². The van der Waals surface area contributed by atoms with Gasteiger partial charge in [-0.1, -0.05) is 24.6 Å². The minimum absolute atomic E-state index is 0. The van der Waals surface area contributed by atoms with Crippen molar-refractivity contribution in [1.29, 1.82) is 0 Å². The molecule has 3 heteroatoms. The molecule has 1 aliphatic rings. The van der Waals surface area contributed by atoms with Gasteiger partial charge in [0.1, 0.15) is 0 Å². The Bertz CT molecular complexity index is 352. The van der Waals surface area contributed by atoms with Gasteiger partial charge in [0.15, 0.2) is 0 Å². The summed E-state index contributed by atoms with van der Waals surface area (Å²) in [5, 5.41) is 4.28. The Morgan fingerprint density at radius 1 is 1.38 bits per heavy atom. The van der Waals surface area contributed by atoms with E-state index in [4.69, 9.17) is 11.6 Å². The van der Waals surface area contributed by atoms with E-state index in [1.165, 1.54) is 17.5 Å². The third kappa shape index (κ3) is 2.91. The number of rotatable bonds is 1. The molecule has 2 atom stereocenters. The van der Waals surface area contributed by atoms with Crippen molar-refractivity contribution in [3.63, 3.8) is 0 Å². The van der Waals surface area contributed by atoms with Crippen molar-refractivity contribution in [2.24, 2.45) is 5.92 Å². The first-order valence-electron chi connectivity index (χ1n) is 5.65. The summed E-state index contributed by atoms with van der Waals surface area (Å²) >= 11 is 5.98. The summed E-state index contributed by atoms with van der Waals surface area (Å²) < 4.78 is 0. The van der Waals surface area contributed by atoms with Crippen LogP contribution in [-0.2, 0) is 0 Å². The fraction of sp³-hybridized carbons (Fsp3) is 0.538. The first kappa shape index (κ1) is 13.8. The Hall–Kier alpha value is -0.240. The summed E-state index contributed by atoms with van der Waals surface area (Å²) in [6.07, 6.45) is 1.24. The molecule has 16 heavy (non-hydrogen) atoms. The molecule has 0 aromatic heterocycles. The van der Waals surface area contributed by atoms with Crippen molar-refractivity contribution < 1.29 is 0 Å². The molecule has 90 valence electrons. The fourth-order valence-corrected chi connectivity index (χ4v) is 2.76. The van der Waals surface area contributed by atoms with Crippen LogP contribution in [0.5, 0.6) is 0 Å². The van der Waals surface area contributed by atoms with Crippen LogP contribution in [0.3, 0.4) is 0 Å². The smallest absolute Gasteiger partial charge is 0.0408 e. The molecule has 1 N–H and O–H groups in total. The number of nitrogens with one attached hydrogen (secondary N) is 1. The molecule has 1 saturated heterocycles. The molecule has 1 heterocycles. The minimum atomic E-state index is 0. The number of hydrogen-bond donors (Lipinski definition) is 1. The molecule has 0 radical (unpaired) electrons. The fourth-order valence-electron chi connectivity index (χ4n) is 2.53. The van der Waals surface area contributed by atoms with E-state index in [-0.39, 0.29) is 12.4 Å². The molecule has 0 saturated carbocycles. The molecule has 2 rings (SSSR count). The molecule has 1 aromatic carbocycles. The van der Waals surface area contributed by atoms with E-state index in [1.54, 1.807) is 0 Å². The highest BCUT2D eigenvalue weighted by Gasteiger charge is 2.23. The lowest BCUT2D eigenvalue weighted by atomic mass is 9.80. The van der Waals surface area contributed by atoms with Gasteiger partial charge in [-0.25, -0.2) is 0 Å². The molecular weight excluding hydrogens is 241 g/mol. The summed E-state index contributed by atoms with van der Waals surface area (Å²) in [4.78, 5) is 0. The van der Waals surface area contributed by atoms with E-state index in [2.05, 4.69) is 31.3 Å². The lowest BCUT2D eigenvalue weighted by Gasteiger charge is -2.31. The molecule has 0 spiro atoms. The first-order valence-corrected chi connectivity index (χ1v) is 6.03. The van der Waals surface area contributed by atoms with Gasteiger partial charge in [0.05, 0.1) is 0 Å². The standard InChI is InChI=1S/C13H18ClN.ClH/c1-9-7-11(14)3-4-12(9)13-5-6-15-8-10(13)2;/h3-4,7,10,13,15H,5-6,8H2,1-2H3;1H. The van der Waals surface area contributed by atoms with E-state index in [1.807, 2.05) is 6.07 Å². The SMILES string of the molecule is Cc1cc(Cl)ccc1C1CCNCC1C.Cl. The summed E-state index contributed by atoms with van der Waals surface area (Å²) in [5.41, 5.74) is 2.81. The normalized spacial score (nSPS) is 24.9. The summed E-state index contributed by atoms with van der Waals surface area (Å²) in [6, 6.07) is 6.29. The number of hydrogen-bond acceptors (Lipinski definition) is 1. The second-order valence-electron chi connectivity index (χ2n) is 4.58. The zero-order chi connectivity index (χ0) is 10.8. The van der Waals surface area contributed by atoms with Gasteiger partial charge in [-0.2, -0.15) is 0 Å². The van der Waals surface area contributed by atoms with Crippen LogP contribution in [0.25, 0.3) is 0 Å². The van der Waals surface area contributed by atoms with E-state index >= 15 is 0 Å². The minimum Gasteiger partial charge on any atom is -0.316 e. The number of benzene rings is 1. The second kappa shape index (κ2) is 5.90. The van der Waals surface area contributed by atoms with Gasteiger partial charge in [0.2, 0.25) is 0 Å². The Balaban J connectivity index is 0.00000128. The molecule has 0 aliphatic carbocycles. The number of piperidine rings is 1. The van der Waals surface area contributed by atoms with Gasteiger partial charge < -0.3 is 5.32 Å². The predicted octanol–water partition coefficient (Wildman–Crippen LogP) is 3.78. The predicted molar refractivity (Wildman–Crippen MR) is 72.8 cm³/mol. The number of halogens is 2. The Labute approximate surface area is 109 Å². The molecular formula is C13H19Cl2N. The van der Waals surface area contributed by atoms with Gasteiger partial charge in [-0.15, -0.1) is 12.4 Å². The summed E-state index contributed by atoms with van der Waals surface area (Å²) in [7, 11) is 0. The molecule has 1 fully saturated rings. The van der Waals surface area contributed by atoms with Gasteiger partial charge >= 0.3 is 0 Å². The maximum atomic E-state index is 5.98. The maximum absolute atomic E-state index is 5.98. The van der Waals surface area contributed by atoms with Gasteiger partial charge in [0.25, 0.3) is 0 Å². The zero-order valence-corrected chi connectivity index (χ0v) is 11.4. The Kier molecular flexibility index (Phi) is 5.10. The van der Waals surface area contributed by atoms with Crippen molar-refractivity contribution in [2.45, 2.75) is 26.2 Å². The molecule has 0 amide bonds. The van der Waals surface area contributed by atoms with Crippen molar-refractivity contribution in [3.8, 4) is 0 Å². The zero-order valence-electron chi connectivity index (χ0n) is 9.79. The second-order valence-corrected chi connectivity index (χ2v) is 5.01. The third-order valence-electron chi connectivity index (χ3n) is 3.42. The molecule has 0 bridgehead atoms. The van der Waals surface area contributed by atoms with Crippen molar-refractivity contribution >= 4 is 24.0 Å². The van der Waals surface area contributed by atoms with Gasteiger partial charge in [-0.05, 0) is 61.5 Å². The first-order chi connectivity index (χ1) is 7.18. The molecule has 2 unspecified atom stereocenters. The monoisotopic (exact) mass is 259 g/mol. The highest BCUT2D eigenvalue weighted by molar-refractivity contribution is 6.30. The molecule has 1 nitrogen and oxygen atoms in total. The van der Waals surface area contributed by atoms with Gasteiger partial charge in [0, 0.05) is 5.02 Å². The lowest BCUT2D eigenvalue weighted by molar-refractivity contribution is 0.348. The topological polar surface area (TPSA) is 12.0 Å². The van der Waals surface area contributed by atoms with E-state index in [0.29, 0.717) is 5.92 Å². The van der Waals surface area contributed by atoms with Crippen LogP contribution in [0.15, 0.2) is 18.2 Å². The Morgan fingerprint density at radius 3 is 2.75 bits per heavy atom. The lowest BCUT2D eigenvalue weighted by Crippen LogP contribution is -2.34. The van der Waals surface area contributed by atoms with Crippen LogP contribution in [0.1, 0.15) is 30.4 Å². The largest absolute Gasteiger partial charge is 0.316 e. The van der Waals surface area contributed by atoms with Crippen LogP contribution < -0.4 is 5.32 Å². The summed E-state index contributed by atoms with van der Waals surface area (Å²) in [6.45, 7) is 6.75. The quantitative estimate of drug-likeness (QED) is 0.810. The molecule has 1 aliphatic heterocycles. The van der Waals surface area contributed by atoms with Crippen LogP contribution >= 0.6 is 24.0 Å². The van der Waals surface area contributed by atoms with Crippen LogP contribution in [0, 0.1) is 12.8 Å². The van der Waals surface area contributed by atoms with Crippen LogP contribution in [0.2, 0.25) is 5.02 Å². The van der Waals surface area contributed by atoms with Crippen molar-refractivity contribution in [2.75, 3.05) is 13.1 Å².